The summed E-state index contributed by atoms with van der Waals surface area (Å²) < 4.78 is 5.38. The van der Waals surface area contributed by atoms with Crippen molar-refractivity contribution in [1.29, 1.82) is 0 Å². The lowest BCUT2D eigenvalue weighted by atomic mass is 10.0. The molecule has 2 aromatic heterocycles. The van der Waals surface area contributed by atoms with E-state index in [1.54, 1.807) is 13.2 Å². The minimum atomic E-state index is -0.217. The SMILES string of the molecule is COc1ccc2c(c1)-c1sc(C(=O)Nc3cccc(C)n3)nc1CCC2. The van der Waals surface area contributed by atoms with Crippen LogP contribution in [0.2, 0.25) is 0 Å². The molecule has 0 unspecified atom stereocenters. The van der Waals surface area contributed by atoms with Crippen LogP contribution in [0.4, 0.5) is 5.82 Å². The van der Waals surface area contributed by atoms with Gasteiger partial charge in [0.15, 0.2) is 5.01 Å². The zero-order chi connectivity index (χ0) is 18.1. The number of thiazole rings is 1. The number of nitrogens with one attached hydrogen (secondary N) is 1. The molecule has 1 aliphatic rings. The van der Waals surface area contributed by atoms with E-state index in [-0.39, 0.29) is 5.91 Å². The molecule has 0 atom stereocenters. The third-order valence-electron chi connectivity index (χ3n) is 4.44. The largest absolute Gasteiger partial charge is 0.497 e. The maximum absolute atomic E-state index is 12.6. The summed E-state index contributed by atoms with van der Waals surface area (Å²) in [6.45, 7) is 1.89. The summed E-state index contributed by atoms with van der Waals surface area (Å²) in [6.07, 6.45) is 2.91. The van der Waals surface area contributed by atoms with Crippen molar-refractivity contribution in [3.05, 3.63) is 58.4 Å². The summed E-state index contributed by atoms with van der Waals surface area (Å²) >= 11 is 1.44. The predicted molar refractivity (Wildman–Crippen MR) is 103 cm³/mol. The zero-order valence-corrected chi connectivity index (χ0v) is 15.5. The lowest BCUT2D eigenvalue weighted by molar-refractivity contribution is 0.102. The van der Waals surface area contributed by atoms with E-state index in [2.05, 4.69) is 21.4 Å². The zero-order valence-electron chi connectivity index (χ0n) is 14.7. The maximum Gasteiger partial charge on any atom is 0.285 e. The van der Waals surface area contributed by atoms with Gasteiger partial charge in [-0.15, -0.1) is 11.3 Å². The number of benzene rings is 1. The highest BCUT2D eigenvalue weighted by atomic mass is 32.1. The molecule has 1 N–H and O–H groups in total. The fourth-order valence-electron chi connectivity index (χ4n) is 3.17. The van der Waals surface area contributed by atoms with E-state index < -0.39 is 0 Å². The van der Waals surface area contributed by atoms with Gasteiger partial charge >= 0.3 is 0 Å². The van der Waals surface area contributed by atoms with Crippen LogP contribution in [0.5, 0.6) is 5.75 Å². The quantitative estimate of drug-likeness (QED) is 0.753. The van der Waals surface area contributed by atoms with Gasteiger partial charge in [0.1, 0.15) is 11.6 Å². The number of pyridine rings is 1. The molecule has 4 rings (SSSR count). The number of hydrogen-bond acceptors (Lipinski definition) is 5. The molecule has 0 bridgehead atoms. The third-order valence-corrected chi connectivity index (χ3v) is 5.57. The van der Waals surface area contributed by atoms with Gasteiger partial charge in [-0.2, -0.15) is 0 Å². The summed E-state index contributed by atoms with van der Waals surface area (Å²) in [5, 5.41) is 3.31. The summed E-state index contributed by atoms with van der Waals surface area (Å²) in [5.41, 5.74) is 4.26. The number of methoxy groups -OCH3 is 1. The lowest BCUT2D eigenvalue weighted by Crippen LogP contribution is -2.13. The Morgan fingerprint density at radius 1 is 1.19 bits per heavy atom. The molecule has 0 fully saturated rings. The Balaban J connectivity index is 1.68. The summed E-state index contributed by atoms with van der Waals surface area (Å²) in [7, 11) is 1.67. The van der Waals surface area contributed by atoms with Gasteiger partial charge in [0, 0.05) is 11.3 Å². The molecular formula is C20H19N3O2S. The van der Waals surface area contributed by atoms with Crippen LogP contribution in [0.15, 0.2) is 36.4 Å². The number of amides is 1. The van der Waals surface area contributed by atoms with Gasteiger partial charge in [-0.05, 0) is 56.0 Å². The van der Waals surface area contributed by atoms with Crippen LogP contribution in [0.3, 0.4) is 0 Å². The molecule has 132 valence electrons. The summed E-state index contributed by atoms with van der Waals surface area (Å²) in [4.78, 5) is 22.6. The van der Waals surface area contributed by atoms with Crippen molar-refractivity contribution in [2.75, 3.05) is 12.4 Å². The fraction of sp³-hybridized carbons (Fsp3) is 0.250. The van der Waals surface area contributed by atoms with Gasteiger partial charge in [-0.1, -0.05) is 12.1 Å². The highest BCUT2D eigenvalue weighted by molar-refractivity contribution is 7.17. The molecule has 26 heavy (non-hydrogen) atoms. The van der Waals surface area contributed by atoms with Crippen LogP contribution in [-0.2, 0) is 12.8 Å². The van der Waals surface area contributed by atoms with Gasteiger partial charge in [0.2, 0.25) is 0 Å². The van der Waals surface area contributed by atoms with Crippen LogP contribution in [0.25, 0.3) is 10.4 Å². The molecular weight excluding hydrogens is 346 g/mol. The second-order valence-electron chi connectivity index (χ2n) is 6.29. The first-order chi connectivity index (χ1) is 12.6. The van der Waals surface area contributed by atoms with Crippen molar-refractivity contribution in [2.45, 2.75) is 26.2 Å². The molecule has 2 heterocycles. The maximum atomic E-state index is 12.6. The number of nitrogens with zero attached hydrogens (tertiary/aromatic N) is 2. The van der Waals surface area contributed by atoms with Crippen LogP contribution in [-0.4, -0.2) is 23.0 Å². The second kappa shape index (κ2) is 6.88. The highest BCUT2D eigenvalue weighted by Gasteiger charge is 2.22. The Morgan fingerprint density at radius 2 is 2.08 bits per heavy atom. The average Bonchev–Trinajstić information content (AvgIpc) is 2.99. The first-order valence-corrected chi connectivity index (χ1v) is 9.37. The number of aryl methyl sites for hydroxylation is 3. The Kier molecular flexibility index (Phi) is 4.42. The topological polar surface area (TPSA) is 64.1 Å². The molecule has 0 spiro atoms. The minimum absolute atomic E-state index is 0.217. The van der Waals surface area contributed by atoms with Crippen LogP contribution in [0, 0.1) is 6.92 Å². The number of ether oxygens (including phenoxy) is 1. The Morgan fingerprint density at radius 3 is 2.88 bits per heavy atom. The van der Waals surface area contributed by atoms with Gasteiger partial charge in [0.25, 0.3) is 5.91 Å². The van der Waals surface area contributed by atoms with Crippen molar-refractivity contribution in [3.8, 4) is 16.2 Å². The first kappa shape index (κ1) is 16.7. The predicted octanol–water partition coefficient (Wildman–Crippen LogP) is 4.26. The fourth-order valence-corrected chi connectivity index (χ4v) is 4.23. The molecule has 1 aromatic carbocycles. The van der Waals surface area contributed by atoms with Gasteiger partial charge in [0.05, 0.1) is 17.7 Å². The van der Waals surface area contributed by atoms with Gasteiger partial charge < -0.3 is 10.1 Å². The number of anilines is 1. The van der Waals surface area contributed by atoms with Crippen LogP contribution in [0.1, 0.15) is 33.2 Å². The van der Waals surface area contributed by atoms with E-state index in [4.69, 9.17) is 4.74 Å². The molecule has 1 amide bonds. The summed E-state index contributed by atoms with van der Waals surface area (Å²) in [5.74, 6) is 1.15. The van der Waals surface area contributed by atoms with E-state index >= 15 is 0 Å². The van der Waals surface area contributed by atoms with E-state index in [0.717, 1.165) is 46.8 Å². The molecule has 1 aliphatic carbocycles. The molecule has 0 radical (unpaired) electrons. The van der Waals surface area contributed by atoms with E-state index in [1.165, 1.54) is 16.9 Å². The molecule has 0 aliphatic heterocycles. The van der Waals surface area contributed by atoms with Crippen molar-refractivity contribution < 1.29 is 9.53 Å². The number of fused-ring (bicyclic) bond motifs is 3. The molecule has 0 saturated heterocycles. The second-order valence-corrected chi connectivity index (χ2v) is 7.29. The van der Waals surface area contributed by atoms with Crippen molar-refractivity contribution in [1.82, 2.24) is 9.97 Å². The minimum Gasteiger partial charge on any atom is -0.497 e. The third kappa shape index (κ3) is 3.20. The van der Waals surface area contributed by atoms with Crippen molar-refractivity contribution >= 4 is 23.1 Å². The van der Waals surface area contributed by atoms with Gasteiger partial charge in [-0.25, -0.2) is 9.97 Å². The average molecular weight is 365 g/mol. The number of carbonyl (C=O) groups excluding carboxylic acids is 1. The first-order valence-electron chi connectivity index (χ1n) is 8.56. The standard InChI is InChI=1S/C20H19N3O2S/c1-12-5-3-8-17(21-12)23-19(24)20-22-16-7-4-6-13-9-10-14(25-2)11-15(13)18(16)26-20/h3,5,8-11H,4,6-7H2,1-2H3,(H,21,23,24). The van der Waals surface area contributed by atoms with Crippen LogP contribution >= 0.6 is 11.3 Å². The number of carbonyl (C=O) groups is 1. The highest BCUT2D eigenvalue weighted by Crippen LogP contribution is 2.38. The lowest BCUT2D eigenvalue weighted by Gasteiger charge is -2.08. The summed E-state index contributed by atoms with van der Waals surface area (Å²) in [6, 6.07) is 11.7. The Bertz CT molecular complexity index is 981. The van der Waals surface area contributed by atoms with Gasteiger partial charge in [-0.3, -0.25) is 4.79 Å². The van der Waals surface area contributed by atoms with Crippen LogP contribution < -0.4 is 10.1 Å². The Hall–Kier alpha value is -2.73. The monoisotopic (exact) mass is 365 g/mol. The number of rotatable bonds is 3. The number of hydrogen-bond donors (Lipinski definition) is 1. The number of aromatic nitrogens is 2. The van der Waals surface area contributed by atoms with E-state index in [1.807, 2.05) is 31.2 Å². The molecule has 6 heteroatoms. The normalized spacial score (nSPS) is 12.7. The molecule has 0 saturated carbocycles. The Labute approximate surface area is 156 Å². The van der Waals surface area contributed by atoms with E-state index in [0.29, 0.717) is 10.8 Å². The smallest absolute Gasteiger partial charge is 0.285 e. The van der Waals surface area contributed by atoms with E-state index in [9.17, 15) is 4.79 Å². The molecule has 5 nitrogen and oxygen atoms in total. The van der Waals surface area contributed by atoms with Crippen molar-refractivity contribution in [3.63, 3.8) is 0 Å². The van der Waals surface area contributed by atoms with Crippen molar-refractivity contribution in [2.24, 2.45) is 0 Å². The molecule has 3 aromatic rings.